The molecular formula is C18H29N3O3. The average molecular weight is 335 g/mol. The minimum atomic E-state index is 0.664. The van der Waals surface area contributed by atoms with Crippen molar-refractivity contribution < 1.29 is 14.2 Å². The first-order valence-electron chi connectivity index (χ1n) is 8.77. The quantitative estimate of drug-likeness (QED) is 0.792. The molecule has 1 aromatic rings. The van der Waals surface area contributed by atoms with Crippen LogP contribution in [-0.4, -0.2) is 70.0 Å². The Morgan fingerprint density at radius 2 is 1.83 bits per heavy atom. The highest BCUT2D eigenvalue weighted by Gasteiger charge is 2.23. The van der Waals surface area contributed by atoms with Crippen molar-refractivity contribution in [3.8, 4) is 11.5 Å². The summed E-state index contributed by atoms with van der Waals surface area (Å²) in [5.41, 5.74) is 9.51. The Balaban J connectivity index is 1.58. The molecule has 2 N–H and O–H groups in total. The number of methoxy groups -OCH3 is 2. The van der Waals surface area contributed by atoms with Crippen LogP contribution < -0.4 is 15.2 Å². The van der Waals surface area contributed by atoms with Crippen LogP contribution in [0.15, 0.2) is 6.07 Å². The molecule has 1 saturated heterocycles. The van der Waals surface area contributed by atoms with Gasteiger partial charge in [-0.1, -0.05) is 0 Å². The number of ether oxygens (including phenoxy) is 3. The normalized spacial score (nSPS) is 19.1. The smallest absolute Gasteiger partial charge is 0.184 e. The molecule has 0 aliphatic carbocycles. The average Bonchev–Trinajstić information content (AvgIpc) is 2.62. The van der Waals surface area contributed by atoms with Crippen molar-refractivity contribution in [1.29, 1.82) is 0 Å². The summed E-state index contributed by atoms with van der Waals surface area (Å²) in [6.45, 7) is 8.13. The van der Waals surface area contributed by atoms with Crippen LogP contribution in [0.25, 0.3) is 0 Å². The maximum atomic E-state index is 6.29. The predicted molar refractivity (Wildman–Crippen MR) is 94.8 cm³/mol. The van der Waals surface area contributed by atoms with Gasteiger partial charge in [0.1, 0.15) is 0 Å². The van der Waals surface area contributed by atoms with E-state index in [2.05, 4.69) is 15.9 Å². The van der Waals surface area contributed by atoms with Gasteiger partial charge in [0.25, 0.3) is 0 Å². The van der Waals surface area contributed by atoms with Gasteiger partial charge < -0.3 is 19.9 Å². The molecule has 0 radical (unpaired) electrons. The lowest BCUT2D eigenvalue weighted by Crippen LogP contribution is -2.39. The second kappa shape index (κ2) is 8.05. The van der Waals surface area contributed by atoms with Crippen LogP contribution in [-0.2, 0) is 17.7 Å². The van der Waals surface area contributed by atoms with Gasteiger partial charge >= 0.3 is 0 Å². The fourth-order valence-electron chi connectivity index (χ4n) is 3.68. The molecule has 24 heavy (non-hydrogen) atoms. The van der Waals surface area contributed by atoms with Crippen LogP contribution in [0.4, 0.5) is 5.69 Å². The topological polar surface area (TPSA) is 60.2 Å². The van der Waals surface area contributed by atoms with Crippen molar-refractivity contribution in [2.24, 2.45) is 0 Å². The van der Waals surface area contributed by atoms with E-state index >= 15 is 0 Å². The molecule has 0 bridgehead atoms. The van der Waals surface area contributed by atoms with Crippen molar-refractivity contribution in [2.45, 2.75) is 19.4 Å². The van der Waals surface area contributed by atoms with Crippen LogP contribution in [0.5, 0.6) is 11.5 Å². The number of nitrogens with two attached hydrogens (primary N) is 1. The third-order valence-electron chi connectivity index (χ3n) is 5.03. The fraction of sp³-hybridized carbons (Fsp3) is 0.667. The summed E-state index contributed by atoms with van der Waals surface area (Å²) in [5.74, 6) is 1.39. The van der Waals surface area contributed by atoms with Gasteiger partial charge in [-0.25, -0.2) is 0 Å². The maximum absolute atomic E-state index is 6.29. The van der Waals surface area contributed by atoms with Gasteiger partial charge in [-0.05, 0) is 43.1 Å². The Morgan fingerprint density at radius 1 is 1.08 bits per heavy atom. The van der Waals surface area contributed by atoms with Gasteiger partial charge in [0.05, 0.1) is 33.1 Å². The van der Waals surface area contributed by atoms with Crippen molar-refractivity contribution in [3.05, 3.63) is 17.2 Å². The summed E-state index contributed by atoms with van der Waals surface area (Å²) in [7, 11) is 3.30. The summed E-state index contributed by atoms with van der Waals surface area (Å²) in [6, 6.07) is 2.08. The zero-order valence-corrected chi connectivity index (χ0v) is 14.8. The molecule has 6 heteroatoms. The highest BCUT2D eigenvalue weighted by molar-refractivity contribution is 5.68. The lowest BCUT2D eigenvalue weighted by Gasteiger charge is -2.32. The summed E-state index contributed by atoms with van der Waals surface area (Å²) in [4.78, 5) is 5.00. The Kier molecular flexibility index (Phi) is 5.81. The number of rotatable bonds is 6. The number of benzene rings is 1. The van der Waals surface area contributed by atoms with E-state index in [4.69, 9.17) is 19.9 Å². The Morgan fingerprint density at radius 3 is 2.54 bits per heavy atom. The number of nitrogens with zero attached hydrogens (tertiary/aromatic N) is 2. The third kappa shape index (κ3) is 3.77. The molecule has 0 atom stereocenters. The largest absolute Gasteiger partial charge is 0.493 e. The van der Waals surface area contributed by atoms with E-state index in [-0.39, 0.29) is 0 Å². The number of nitrogen functional groups attached to an aromatic ring is 1. The van der Waals surface area contributed by atoms with Gasteiger partial charge in [-0.15, -0.1) is 0 Å². The molecule has 2 aliphatic heterocycles. The first-order chi connectivity index (χ1) is 11.7. The van der Waals surface area contributed by atoms with E-state index in [0.29, 0.717) is 5.75 Å². The SMILES string of the molecule is COc1cc2c(c(N)c1OC)CCN(CCCN1CCOCC1)C2. The van der Waals surface area contributed by atoms with Gasteiger partial charge in [0.2, 0.25) is 0 Å². The molecular weight excluding hydrogens is 306 g/mol. The molecule has 6 nitrogen and oxygen atoms in total. The van der Waals surface area contributed by atoms with Crippen LogP contribution in [0, 0.1) is 0 Å². The molecule has 134 valence electrons. The fourth-order valence-corrected chi connectivity index (χ4v) is 3.68. The summed E-state index contributed by atoms with van der Waals surface area (Å²) < 4.78 is 16.3. The zero-order valence-electron chi connectivity index (χ0n) is 14.8. The van der Waals surface area contributed by atoms with Crippen LogP contribution in [0.1, 0.15) is 17.5 Å². The van der Waals surface area contributed by atoms with E-state index in [9.17, 15) is 0 Å². The highest BCUT2D eigenvalue weighted by Crippen LogP contribution is 2.40. The molecule has 1 aromatic carbocycles. The Bertz CT molecular complexity index is 559. The number of fused-ring (bicyclic) bond motifs is 1. The Labute approximate surface area is 144 Å². The minimum Gasteiger partial charge on any atom is -0.493 e. The zero-order chi connectivity index (χ0) is 16.9. The van der Waals surface area contributed by atoms with E-state index < -0.39 is 0 Å². The second-order valence-corrected chi connectivity index (χ2v) is 6.50. The first-order valence-corrected chi connectivity index (χ1v) is 8.77. The molecule has 2 aliphatic rings. The maximum Gasteiger partial charge on any atom is 0.184 e. The van der Waals surface area contributed by atoms with Gasteiger partial charge in [-0.2, -0.15) is 0 Å². The lowest BCUT2D eigenvalue weighted by atomic mass is 9.96. The monoisotopic (exact) mass is 335 g/mol. The summed E-state index contributed by atoms with van der Waals surface area (Å²) in [5, 5.41) is 0. The molecule has 0 saturated carbocycles. The van der Waals surface area contributed by atoms with E-state index in [1.165, 1.54) is 17.5 Å². The van der Waals surface area contributed by atoms with Crippen molar-refractivity contribution in [2.75, 3.05) is 65.9 Å². The lowest BCUT2D eigenvalue weighted by molar-refractivity contribution is 0.0359. The van der Waals surface area contributed by atoms with Gasteiger partial charge in [-0.3, -0.25) is 9.80 Å². The van der Waals surface area contributed by atoms with Crippen LogP contribution in [0.3, 0.4) is 0 Å². The molecule has 0 spiro atoms. The van der Waals surface area contributed by atoms with E-state index in [1.807, 2.05) is 0 Å². The number of morpholine rings is 1. The van der Waals surface area contributed by atoms with Crippen molar-refractivity contribution >= 4 is 5.69 Å². The molecule has 0 amide bonds. The van der Waals surface area contributed by atoms with Crippen LogP contribution >= 0.6 is 0 Å². The number of anilines is 1. The molecule has 2 heterocycles. The van der Waals surface area contributed by atoms with E-state index in [0.717, 1.165) is 70.3 Å². The van der Waals surface area contributed by atoms with E-state index in [1.54, 1.807) is 14.2 Å². The van der Waals surface area contributed by atoms with Gasteiger partial charge in [0, 0.05) is 26.2 Å². The standard InChI is InChI=1S/C18H29N3O3/c1-22-16-12-14-13-21(6-3-5-20-8-10-24-11-9-20)7-4-15(14)17(19)18(16)23-2/h12H,3-11,13,19H2,1-2H3. The Hall–Kier alpha value is -1.50. The van der Waals surface area contributed by atoms with Crippen LogP contribution in [0.2, 0.25) is 0 Å². The molecule has 3 rings (SSSR count). The predicted octanol–water partition coefficient (Wildman–Crippen LogP) is 1.37. The van der Waals surface area contributed by atoms with Crippen molar-refractivity contribution in [3.63, 3.8) is 0 Å². The van der Waals surface area contributed by atoms with Crippen molar-refractivity contribution in [1.82, 2.24) is 9.80 Å². The second-order valence-electron chi connectivity index (χ2n) is 6.50. The highest BCUT2D eigenvalue weighted by atomic mass is 16.5. The summed E-state index contributed by atoms with van der Waals surface area (Å²) >= 11 is 0. The minimum absolute atomic E-state index is 0.664. The van der Waals surface area contributed by atoms with Gasteiger partial charge in [0.15, 0.2) is 11.5 Å². The number of hydrogen-bond donors (Lipinski definition) is 1. The first kappa shape index (κ1) is 17.3. The molecule has 0 aromatic heterocycles. The summed E-state index contributed by atoms with van der Waals surface area (Å²) in [6.07, 6.45) is 2.16. The number of hydrogen-bond acceptors (Lipinski definition) is 6. The third-order valence-corrected chi connectivity index (χ3v) is 5.03. The molecule has 1 fully saturated rings. The molecule has 0 unspecified atom stereocenters.